The molecule has 6 nitrogen and oxygen atoms in total. The van der Waals surface area contributed by atoms with Crippen LogP contribution in [0.5, 0.6) is 0 Å². The Morgan fingerprint density at radius 3 is 2.00 bits per heavy atom. The Labute approximate surface area is 212 Å². The van der Waals surface area contributed by atoms with Crippen molar-refractivity contribution < 1.29 is 0 Å². The Morgan fingerprint density at radius 1 is 0.722 bits per heavy atom. The Hall–Kier alpha value is -2.44. The van der Waals surface area contributed by atoms with Gasteiger partial charge >= 0.3 is 0 Å². The van der Waals surface area contributed by atoms with Crippen molar-refractivity contribution in [2.45, 2.75) is 99.2 Å². The molecule has 7 fully saturated rings. The van der Waals surface area contributed by atoms with Gasteiger partial charge in [0.05, 0.1) is 29.7 Å². The maximum atomic E-state index is 5.18. The van der Waals surface area contributed by atoms with Crippen molar-refractivity contribution in [1.82, 2.24) is 30.6 Å². The van der Waals surface area contributed by atoms with E-state index in [2.05, 4.69) is 51.1 Å². The minimum Gasteiger partial charge on any atom is -0.347 e. The van der Waals surface area contributed by atoms with Crippen LogP contribution in [0.1, 0.15) is 99.2 Å². The number of aromatic nitrogens is 4. The Morgan fingerprint density at radius 2 is 1.36 bits per heavy atom. The molecule has 186 valence electrons. The highest BCUT2D eigenvalue weighted by molar-refractivity contribution is 5.59. The van der Waals surface area contributed by atoms with E-state index < -0.39 is 0 Å². The number of nitrogens with zero attached hydrogens (tertiary/aromatic N) is 2. The third-order valence-corrected chi connectivity index (χ3v) is 11.2. The lowest BCUT2D eigenvalue weighted by molar-refractivity contribution is 0.0989. The summed E-state index contributed by atoms with van der Waals surface area (Å²) in [5.41, 5.74) is 5.91. The van der Waals surface area contributed by atoms with Crippen LogP contribution in [0.25, 0.3) is 11.3 Å². The number of nitrogens with one attached hydrogen (secondary N) is 4. The van der Waals surface area contributed by atoms with Crippen LogP contribution in [-0.2, 0) is 10.8 Å². The maximum Gasteiger partial charge on any atom is 0.123 e. The highest BCUT2D eigenvalue weighted by atomic mass is 15.1. The first-order chi connectivity index (χ1) is 17.7. The molecular weight excluding hydrogens is 444 g/mol. The van der Waals surface area contributed by atoms with E-state index in [1.165, 1.54) is 86.9 Å². The van der Waals surface area contributed by atoms with Crippen LogP contribution in [0.2, 0.25) is 0 Å². The van der Waals surface area contributed by atoms with Crippen molar-refractivity contribution in [1.29, 1.82) is 0 Å². The zero-order chi connectivity index (χ0) is 23.5. The molecule has 6 atom stereocenters. The molecule has 5 aliphatic carbocycles. The molecular formula is C30H36N6. The topological polar surface area (TPSA) is 81.4 Å². The molecule has 2 aromatic heterocycles. The molecule has 36 heavy (non-hydrogen) atoms. The SMILES string of the molecule is c1cc(C23CCC(c4c[nH]c([C@@H]5C[C@H]6C[C@H]6N5)n4)(CC2)CC3)ccc1-c1cnc([C@@H]2C[C@H]3C[C@H]3N2)[nH]1. The summed E-state index contributed by atoms with van der Waals surface area (Å²) >= 11 is 0. The molecule has 0 spiro atoms. The van der Waals surface area contributed by atoms with Crippen molar-refractivity contribution in [2.75, 3.05) is 0 Å². The number of fused-ring (bicyclic) bond motifs is 5. The molecule has 0 amide bonds. The summed E-state index contributed by atoms with van der Waals surface area (Å²) in [5, 5.41) is 7.47. The first-order valence-corrected chi connectivity index (χ1v) is 14.4. The number of hydrogen-bond acceptors (Lipinski definition) is 4. The lowest BCUT2D eigenvalue weighted by Gasteiger charge is -2.53. The summed E-state index contributed by atoms with van der Waals surface area (Å²) in [5.74, 6) is 4.09. The summed E-state index contributed by atoms with van der Waals surface area (Å²) in [6.45, 7) is 0. The van der Waals surface area contributed by atoms with E-state index in [0.29, 0.717) is 22.9 Å². The largest absolute Gasteiger partial charge is 0.347 e. The van der Waals surface area contributed by atoms with Crippen LogP contribution < -0.4 is 10.6 Å². The van der Waals surface area contributed by atoms with Gasteiger partial charge in [-0.05, 0) is 92.6 Å². The summed E-state index contributed by atoms with van der Waals surface area (Å²) in [4.78, 5) is 17.1. The average Bonchev–Trinajstić information content (AvgIpc) is 3.48. The van der Waals surface area contributed by atoms with Gasteiger partial charge in [0, 0.05) is 23.7 Å². The normalized spacial score (nSPS) is 41.9. The number of rotatable bonds is 5. The first-order valence-electron chi connectivity index (χ1n) is 14.4. The Bertz CT molecular complexity index is 1270. The summed E-state index contributed by atoms with van der Waals surface area (Å²) in [6.07, 6.45) is 17.1. The second kappa shape index (κ2) is 7.11. The van der Waals surface area contributed by atoms with E-state index in [1.54, 1.807) is 0 Å². The fraction of sp³-hybridized carbons (Fsp3) is 0.600. The van der Waals surface area contributed by atoms with Crippen LogP contribution in [0.3, 0.4) is 0 Å². The van der Waals surface area contributed by atoms with Crippen molar-refractivity contribution >= 4 is 0 Å². The van der Waals surface area contributed by atoms with E-state index >= 15 is 0 Å². The minimum absolute atomic E-state index is 0.291. The standard InChI is InChI=1S/C30H36N6/c1-3-20(4-2-17(1)25-15-31-27(35-25)23-13-18-11-21(18)33-23)29-5-8-30(9-6-29,10-7-29)26-16-32-28(36-26)24-14-19-12-22(19)34-24/h1-4,15-16,18-19,21-24,33-34H,5-14H2,(H,31,35)(H,32,36)/t18-,19-,21-,22-,23+,24+,29?,30?/m1/s1. The highest BCUT2D eigenvalue weighted by Crippen LogP contribution is 2.58. The zero-order valence-electron chi connectivity index (χ0n) is 20.9. The van der Waals surface area contributed by atoms with E-state index in [0.717, 1.165) is 35.4 Å². The second-order valence-electron chi connectivity index (χ2n) is 13.1. The third kappa shape index (κ3) is 3.03. The molecule has 10 rings (SSSR count). The van der Waals surface area contributed by atoms with E-state index in [4.69, 9.17) is 9.97 Å². The number of imidazole rings is 2. The van der Waals surface area contributed by atoms with Gasteiger partial charge in [-0.3, -0.25) is 0 Å². The second-order valence-corrected chi connectivity index (χ2v) is 13.1. The van der Waals surface area contributed by atoms with Gasteiger partial charge in [0.2, 0.25) is 0 Å². The van der Waals surface area contributed by atoms with Gasteiger partial charge in [-0.25, -0.2) is 9.97 Å². The van der Waals surface area contributed by atoms with Crippen LogP contribution in [0, 0.1) is 11.8 Å². The number of benzene rings is 1. The number of piperidine rings is 2. The van der Waals surface area contributed by atoms with Gasteiger partial charge in [-0.1, -0.05) is 24.3 Å². The van der Waals surface area contributed by atoms with Crippen LogP contribution in [-0.4, -0.2) is 32.0 Å². The molecule has 6 heteroatoms. The molecule has 0 unspecified atom stereocenters. The predicted octanol–water partition coefficient (Wildman–Crippen LogP) is 5.19. The molecule has 4 N–H and O–H groups in total. The molecule has 2 bridgehead atoms. The summed E-state index contributed by atoms with van der Waals surface area (Å²) in [7, 11) is 0. The Balaban J connectivity index is 0.902. The zero-order valence-corrected chi connectivity index (χ0v) is 20.9. The lowest BCUT2D eigenvalue weighted by atomic mass is 9.51. The van der Waals surface area contributed by atoms with Crippen molar-refractivity contribution in [3.05, 3.63) is 59.6 Å². The molecule has 7 aliphatic rings. The molecule has 4 heterocycles. The van der Waals surface area contributed by atoms with Gasteiger partial charge in [-0.2, -0.15) is 0 Å². The highest BCUT2D eigenvalue weighted by Gasteiger charge is 2.52. The molecule has 1 aromatic carbocycles. The molecule has 3 aromatic rings. The van der Waals surface area contributed by atoms with Gasteiger partial charge in [0.15, 0.2) is 0 Å². The maximum absolute atomic E-state index is 5.18. The van der Waals surface area contributed by atoms with Gasteiger partial charge in [0.25, 0.3) is 0 Å². The number of H-pyrrole nitrogens is 2. The minimum atomic E-state index is 0.291. The fourth-order valence-corrected chi connectivity index (χ4v) is 8.52. The monoisotopic (exact) mass is 480 g/mol. The summed E-state index contributed by atoms with van der Waals surface area (Å²) < 4.78 is 0. The fourth-order valence-electron chi connectivity index (χ4n) is 8.52. The predicted molar refractivity (Wildman–Crippen MR) is 138 cm³/mol. The van der Waals surface area contributed by atoms with E-state index in [-0.39, 0.29) is 0 Å². The van der Waals surface area contributed by atoms with Crippen LogP contribution in [0.4, 0.5) is 0 Å². The van der Waals surface area contributed by atoms with Crippen LogP contribution in [0.15, 0.2) is 36.7 Å². The van der Waals surface area contributed by atoms with Gasteiger partial charge in [0.1, 0.15) is 11.6 Å². The quantitative estimate of drug-likeness (QED) is 0.405. The lowest BCUT2D eigenvalue weighted by Crippen LogP contribution is -2.46. The van der Waals surface area contributed by atoms with Crippen molar-refractivity contribution in [3.63, 3.8) is 0 Å². The van der Waals surface area contributed by atoms with Gasteiger partial charge in [-0.15, -0.1) is 0 Å². The molecule has 2 aliphatic heterocycles. The van der Waals surface area contributed by atoms with Gasteiger partial charge < -0.3 is 20.6 Å². The first kappa shape index (κ1) is 20.6. The third-order valence-electron chi connectivity index (χ3n) is 11.2. The molecule has 5 saturated carbocycles. The smallest absolute Gasteiger partial charge is 0.123 e. The van der Waals surface area contributed by atoms with Crippen molar-refractivity contribution in [3.8, 4) is 11.3 Å². The molecule has 2 saturated heterocycles. The number of aromatic amines is 2. The Kier molecular flexibility index (Phi) is 4.07. The average molecular weight is 481 g/mol. The van der Waals surface area contributed by atoms with Crippen molar-refractivity contribution in [2.24, 2.45) is 11.8 Å². The molecule has 0 radical (unpaired) electrons. The number of hydrogen-bond donors (Lipinski definition) is 4. The summed E-state index contributed by atoms with van der Waals surface area (Å²) in [6, 6.07) is 11.8. The van der Waals surface area contributed by atoms with E-state index in [1.807, 2.05) is 6.20 Å². The van der Waals surface area contributed by atoms with Crippen LogP contribution >= 0.6 is 0 Å². The van der Waals surface area contributed by atoms with E-state index in [9.17, 15) is 0 Å².